The van der Waals surface area contributed by atoms with Gasteiger partial charge in [0.25, 0.3) is 5.91 Å². The maximum absolute atomic E-state index is 12.9. The van der Waals surface area contributed by atoms with Gasteiger partial charge in [-0.05, 0) is 62.7 Å². The van der Waals surface area contributed by atoms with Gasteiger partial charge in [-0.3, -0.25) is 9.59 Å². The van der Waals surface area contributed by atoms with Gasteiger partial charge in [0.1, 0.15) is 5.75 Å². The van der Waals surface area contributed by atoms with E-state index in [1.165, 1.54) is 12.5 Å². The van der Waals surface area contributed by atoms with Crippen LogP contribution in [0.4, 0.5) is 11.4 Å². The lowest BCUT2D eigenvalue weighted by Gasteiger charge is -2.22. The molecule has 1 aliphatic rings. The Kier molecular flexibility index (Phi) is 9.41. The lowest BCUT2D eigenvalue weighted by atomic mass is 9.95. The number of anilines is 2. The zero-order valence-electron chi connectivity index (χ0n) is 21.2. The predicted octanol–water partition coefficient (Wildman–Crippen LogP) is 4.52. The van der Waals surface area contributed by atoms with Crippen molar-refractivity contribution < 1.29 is 14.3 Å². The molecule has 0 unspecified atom stereocenters. The summed E-state index contributed by atoms with van der Waals surface area (Å²) in [4.78, 5) is 29.5. The number of aromatic nitrogens is 1. The predicted molar refractivity (Wildman–Crippen MR) is 146 cm³/mol. The number of rotatable bonds is 6. The third-order valence-corrected chi connectivity index (χ3v) is 6.01. The molecule has 0 aliphatic heterocycles. The third kappa shape index (κ3) is 6.40. The Labute approximate surface area is 212 Å². The molecule has 1 heterocycles. The van der Waals surface area contributed by atoms with E-state index < -0.39 is 0 Å². The number of fused-ring (bicyclic) bond motifs is 1. The number of nitrogens with zero attached hydrogens (tertiary/aromatic N) is 1. The molecule has 0 atom stereocenters. The Morgan fingerprint density at radius 3 is 2.44 bits per heavy atom. The first-order valence-corrected chi connectivity index (χ1v) is 12.1. The van der Waals surface area contributed by atoms with Crippen molar-refractivity contribution in [3.63, 3.8) is 0 Å². The van der Waals surface area contributed by atoms with E-state index in [1.54, 1.807) is 25.3 Å². The molecule has 0 spiro atoms. The summed E-state index contributed by atoms with van der Waals surface area (Å²) in [5.74, 6) is -0.0474. The SMILES string of the molecule is C=CC(=O)Nc1c(OC)ccc2ccc(-c3ccc(N)c(C(=O)NC4CCCCC4)n3)cc12.CNC. The minimum atomic E-state index is -0.335. The van der Waals surface area contributed by atoms with Crippen LogP contribution < -0.4 is 26.4 Å². The summed E-state index contributed by atoms with van der Waals surface area (Å²) in [6.45, 7) is 3.52. The molecule has 1 aliphatic carbocycles. The quantitative estimate of drug-likeness (QED) is 0.378. The smallest absolute Gasteiger partial charge is 0.272 e. The van der Waals surface area contributed by atoms with E-state index in [0.717, 1.165) is 42.0 Å². The second kappa shape index (κ2) is 12.7. The van der Waals surface area contributed by atoms with Crippen LogP contribution in [0.15, 0.2) is 55.1 Å². The van der Waals surface area contributed by atoms with Gasteiger partial charge in [0.2, 0.25) is 5.91 Å². The highest BCUT2D eigenvalue weighted by molar-refractivity contribution is 6.08. The van der Waals surface area contributed by atoms with E-state index >= 15 is 0 Å². The van der Waals surface area contributed by atoms with Crippen molar-refractivity contribution >= 4 is 34.0 Å². The topological polar surface area (TPSA) is 118 Å². The van der Waals surface area contributed by atoms with E-state index in [0.29, 0.717) is 22.8 Å². The highest BCUT2D eigenvalue weighted by atomic mass is 16.5. The molecule has 8 heteroatoms. The fourth-order valence-electron chi connectivity index (χ4n) is 4.25. The summed E-state index contributed by atoms with van der Waals surface area (Å²) < 4.78 is 5.45. The number of ether oxygens (including phenoxy) is 1. The molecule has 0 saturated heterocycles. The first-order chi connectivity index (χ1) is 17.4. The van der Waals surface area contributed by atoms with Gasteiger partial charge in [-0.2, -0.15) is 0 Å². The molecule has 4 rings (SSSR count). The molecule has 190 valence electrons. The van der Waals surface area contributed by atoms with Crippen LogP contribution in [0, 0.1) is 0 Å². The zero-order chi connectivity index (χ0) is 26.1. The van der Waals surface area contributed by atoms with Crippen LogP contribution in [0.25, 0.3) is 22.0 Å². The highest BCUT2D eigenvalue weighted by Gasteiger charge is 2.20. The molecule has 1 saturated carbocycles. The Balaban J connectivity index is 0.00000115. The van der Waals surface area contributed by atoms with Gasteiger partial charge in [0, 0.05) is 17.0 Å². The van der Waals surface area contributed by atoms with E-state index in [1.807, 2.05) is 38.4 Å². The molecular weight excluding hydrogens is 454 g/mol. The summed E-state index contributed by atoms with van der Waals surface area (Å²) in [5, 5.41) is 10.4. The minimum Gasteiger partial charge on any atom is -0.495 e. The Bertz CT molecular complexity index is 1240. The Morgan fingerprint density at radius 1 is 1.08 bits per heavy atom. The molecule has 3 aromatic rings. The highest BCUT2D eigenvalue weighted by Crippen LogP contribution is 2.36. The van der Waals surface area contributed by atoms with Gasteiger partial charge in [-0.1, -0.05) is 44.0 Å². The van der Waals surface area contributed by atoms with Crippen molar-refractivity contribution in [3.8, 4) is 17.0 Å². The van der Waals surface area contributed by atoms with Gasteiger partial charge < -0.3 is 26.4 Å². The van der Waals surface area contributed by atoms with Gasteiger partial charge in [-0.15, -0.1) is 0 Å². The number of amides is 2. The number of hydrogen-bond donors (Lipinski definition) is 4. The molecular formula is C28H35N5O3. The maximum Gasteiger partial charge on any atom is 0.272 e. The van der Waals surface area contributed by atoms with E-state index in [-0.39, 0.29) is 23.6 Å². The molecule has 1 fully saturated rings. The lowest BCUT2D eigenvalue weighted by molar-refractivity contribution is -0.111. The molecule has 8 nitrogen and oxygen atoms in total. The number of methoxy groups -OCH3 is 1. The second-order valence-corrected chi connectivity index (χ2v) is 8.71. The fourth-order valence-corrected chi connectivity index (χ4v) is 4.25. The Hall–Kier alpha value is -3.91. The van der Waals surface area contributed by atoms with Gasteiger partial charge in [-0.25, -0.2) is 4.98 Å². The third-order valence-electron chi connectivity index (χ3n) is 6.01. The summed E-state index contributed by atoms with van der Waals surface area (Å²) in [5.41, 5.74) is 8.62. The molecule has 0 radical (unpaired) electrons. The molecule has 5 N–H and O–H groups in total. The molecule has 36 heavy (non-hydrogen) atoms. The van der Waals surface area contributed by atoms with Crippen LogP contribution in [0.5, 0.6) is 5.75 Å². The number of carbonyl (C=O) groups excluding carboxylic acids is 2. The van der Waals surface area contributed by atoms with E-state index in [4.69, 9.17) is 10.5 Å². The van der Waals surface area contributed by atoms with Crippen molar-refractivity contribution in [1.29, 1.82) is 0 Å². The number of carbonyl (C=O) groups is 2. The minimum absolute atomic E-state index is 0.167. The number of pyridine rings is 1. The number of nitrogen functional groups attached to an aromatic ring is 1. The van der Waals surface area contributed by atoms with Crippen LogP contribution in [-0.2, 0) is 4.79 Å². The first kappa shape index (κ1) is 26.7. The second-order valence-electron chi connectivity index (χ2n) is 8.71. The molecule has 1 aromatic heterocycles. The molecule has 2 amide bonds. The number of nitrogens with two attached hydrogens (primary N) is 1. The van der Waals surface area contributed by atoms with Crippen molar-refractivity contribution in [3.05, 3.63) is 60.8 Å². The van der Waals surface area contributed by atoms with Crippen molar-refractivity contribution in [2.24, 2.45) is 0 Å². The normalized spacial score (nSPS) is 13.3. The zero-order valence-corrected chi connectivity index (χ0v) is 21.2. The average Bonchev–Trinajstić information content (AvgIpc) is 2.89. The Morgan fingerprint density at radius 2 is 1.78 bits per heavy atom. The van der Waals surface area contributed by atoms with Crippen LogP contribution in [0.1, 0.15) is 42.6 Å². The summed E-state index contributed by atoms with van der Waals surface area (Å²) in [6.07, 6.45) is 6.64. The summed E-state index contributed by atoms with van der Waals surface area (Å²) in [7, 11) is 5.30. The monoisotopic (exact) mass is 489 g/mol. The lowest BCUT2D eigenvalue weighted by Crippen LogP contribution is -2.37. The van der Waals surface area contributed by atoms with Crippen LogP contribution in [0.2, 0.25) is 0 Å². The fraction of sp³-hybridized carbons (Fsp3) is 0.321. The standard InChI is InChI=1S/C26H28N4O3.C2H7N/c1-3-23(31)30-24-19-15-17(10-9-16(19)11-14-22(24)33-2)21-13-12-20(27)25(29-21)26(32)28-18-7-5-4-6-8-18;1-3-2/h3,9-15,18H,1,4-8,27H2,2H3,(H,28,32)(H,30,31);3H,1-2H3. The number of hydrogen-bond acceptors (Lipinski definition) is 6. The maximum atomic E-state index is 12.9. The van der Waals surface area contributed by atoms with Crippen LogP contribution in [0.3, 0.4) is 0 Å². The number of benzene rings is 2. The summed E-state index contributed by atoms with van der Waals surface area (Å²) in [6, 6.07) is 13.2. The van der Waals surface area contributed by atoms with Crippen LogP contribution >= 0.6 is 0 Å². The van der Waals surface area contributed by atoms with Gasteiger partial charge in [0.05, 0.1) is 24.2 Å². The summed E-state index contributed by atoms with van der Waals surface area (Å²) >= 11 is 0. The number of nitrogens with one attached hydrogen (secondary N) is 3. The van der Waals surface area contributed by atoms with E-state index in [9.17, 15) is 9.59 Å². The van der Waals surface area contributed by atoms with Crippen molar-refractivity contribution in [2.45, 2.75) is 38.1 Å². The molecule has 0 bridgehead atoms. The van der Waals surface area contributed by atoms with Gasteiger partial charge in [0.15, 0.2) is 5.69 Å². The van der Waals surface area contributed by atoms with Gasteiger partial charge >= 0.3 is 0 Å². The first-order valence-electron chi connectivity index (χ1n) is 12.1. The van der Waals surface area contributed by atoms with Crippen LogP contribution in [-0.4, -0.2) is 44.0 Å². The largest absolute Gasteiger partial charge is 0.495 e. The van der Waals surface area contributed by atoms with Crippen molar-refractivity contribution in [2.75, 3.05) is 32.3 Å². The average molecular weight is 490 g/mol. The van der Waals surface area contributed by atoms with Crippen molar-refractivity contribution in [1.82, 2.24) is 15.6 Å². The molecule has 2 aromatic carbocycles. The van der Waals surface area contributed by atoms with E-state index in [2.05, 4.69) is 27.5 Å².